The van der Waals surface area contributed by atoms with Gasteiger partial charge in [-0.25, -0.2) is 0 Å². The Morgan fingerprint density at radius 1 is 1.12 bits per heavy atom. The molecule has 2 aliphatic carbocycles. The SMILES string of the molecule is OCC1(CNC2CCN(CC3CC3)CC2)CC1. The van der Waals surface area contributed by atoms with Crippen LogP contribution in [0.2, 0.25) is 0 Å². The molecule has 0 amide bonds. The molecule has 3 fully saturated rings. The Morgan fingerprint density at radius 3 is 2.35 bits per heavy atom. The Morgan fingerprint density at radius 2 is 1.82 bits per heavy atom. The minimum atomic E-state index is 0.269. The lowest BCUT2D eigenvalue weighted by Gasteiger charge is -2.33. The van der Waals surface area contributed by atoms with Crippen LogP contribution in [0.1, 0.15) is 38.5 Å². The summed E-state index contributed by atoms with van der Waals surface area (Å²) in [6, 6.07) is 0.703. The Balaban J connectivity index is 1.33. The predicted octanol–water partition coefficient (Wildman–Crippen LogP) is 1.22. The van der Waals surface area contributed by atoms with E-state index in [1.807, 2.05) is 0 Å². The van der Waals surface area contributed by atoms with Crippen molar-refractivity contribution in [1.82, 2.24) is 10.2 Å². The lowest BCUT2D eigenvalue weighted by molar-refractivity contribution is 0.171. The maximum absolute atomic E-state index is 9.29. The first-order chi connectivity index (χ1) is 8.30. The third-order valence-electron chi connectivity index (χ3n) is 4.86. The average molecular weight is 238 g/mol. The molecule has 1 heterocycles. The van der Waals surface area contributed by atoms with Gasteiger partial charge >= 0.3 is 0 Å². The lowest BCUT2D eigenvalue weighted by Crippen LogP contribution is -2.45. The van der Waals surface area contributed by atoms with Gasteiger partial charge in [0.05, 0.1) is 0 Å². The van der Waals surface area contributed by atoms with Crippen molar-refractivity contribution in [3.05, 3.63) is 0 Å². The zero-order valence-corrected chi connectivity index (χ0v) is 10.8. The summed E-state index contributed by atoms with van der Waals surface area (Å²) in [7, 11) is 0. The van der Waals surface area contributed by atoms with Gasteiger partial charge in [-0.2, -0.15) is 0 Å². The molecule has 0 radical (unpaired) electrons. The number of nitrogens with one attached hydrogen (secondary N) is 1. The van der Waals surface area contributed by atoms with E-state index in [1.54, 1.807) is 0 Å². The zero-order valence-electron chi connectivity index (χ0n) is 10.8. The average Bonchev–Trinajstić information content (AvgIpc) is 3.25. The Bertz CT molecular complexity index is 253. The molecule has 0 bridgehead atoms. The van der Waals surface area contributed by atoms with Gasteiger partial charge in [-0.3, -0.25) is 0 Å². The molecule has 2 saturated carbocycles. The van der Waals surface area contributed by atoms with Crippen molar-refractivity contribution < 1.29 is 5.11 Å². The van der Waals surface area contributed by atoms with E-state index in [-0.39, 0.29) is 5.41 Å². The van der Waals surface area contributed by atoms with Crippen molar-refractivity contribution in [2.75, 3.05) is 32.8 Å². The van der Waals surface area contributed by atoms with Crippen LogP contribution in [-0.4, -0.2) is 48.8 Å². The van der Waals surface area contributed by atoms with Gasteiger partial charge in [0, 0.05) is 31.2 Å². The maximum Gasteiger partial charge on any atom is 0.0499 e. The van der Waals surface area contributed by atoms with Gasteiger partial charge < -0.3 is 15.3 Å². The topological polar surface area (TPSA) is 35.5 Å². The summed E-state index contributed by atoms with van der Waals surface area (Å²) in [6.07, 6.45) is 7.98. The smallest absolute Gasteiger partial charge is 0.0499 e. The molecular weight excluding hydrogens is 212 g/mol. The molecular formula is C14H26N2O. The highest BCUT2D eigenvalue weighted by atomic mass is 16.3. The zero-order chi connectivity index (χ0) is 11.7. The van der Waals surface area contributed by atoms with Crippen molar-refractivity contribution in [2.24, 2.45) is 11.3 Å². The van der Waals surface area contributed by atoms with Gasteiger partial charge in [-0.1, -0.05) is 0 Å². The van der Waals surface area contributed by atoms with E-state index in [1.165, 1.54) is 58.2 Å². The van der Waals surface area contributed by atoms with Gasteiger partial charge in [-0.15, -0.1) is 0 Å². The van der Waals surface area contributed by atoms with Gasteiger partial charge in [0.25, 0.3) is 0 Å². The Hall–Kier alpha value is -0.120. The fourth-order valence-electron chi connectivity index (χ4n) is 2.91. The third kappa shape index (κ3) is 3.21. The van der Waals surface area contributed by atoms with Crippen LogP contribution in [-0.2, 0) is 0 Å². The molecule has 2 N–H and O–H groups in total. The number of aliphatic hydroxyl groups is 1. The number of rotatable bonds is 6. The molecule has 0 atom stereocenters. The normalized spacial score (nSPS) is 29.5. The number of hydrogen-bond acceptors (Lipinski definition) is 3. The molecule has 3 aliphatic rings. The molecule has 0 aromatic rings. The molecule has 0 aromatic heterocycles. The van der Waals surface area contributed by atoms with Crippen molar-refractivity contribution in [3.63, 3.8) is 0 Å². The predicted molar refractivity (Wildman–Crippen MR) is 68.9 cm³/mol. The van der Waals surface area contributed by atoms with Crippen molar-refractivity contribution in [1.29, 1.82) is 0 Å². The quantitative estimate of drug-likeness (QED) is 0.730. The first kappa shape index (κ1) is 11.9. The number of nitrogens with zero attached hydrogens (tertiary/aromatic N) is 1. The highest BCUT2D eigenvalue weighted by molar-refractivity contribution is 4.95. The van der Waals surface area contributed by atoms with Crippen molar-refractivity contribution >= 4 is 0 Å². The second-order valence-electron chi connectivity index (χ2n) is 6.56. The van der Waals surface area contributed by atoms with Gasteiger partial charge in [0.1, 0.15) is 0 Å². The highest BCUT2D eigenvalue weighted by Crippen LogP contribution is 2.44. The van der Waals surface area contributed by atoms with Crippen molar-refractivity contribution in [2.45, 2.75) is 44.6 Å². The molecule has 1 saturated heterocycles. The molecule has 3 rings (SSSR count). The Labute approximate surface area is 105 Å². The summed E-state index contributed by atoms with van der Waals surface area (Å²) in [5.74, 6) is 1.03. The van der Waals surface area contributed by atoms with E-state index in [9.17, 15) is 5.11 Å². The second-order valence-corrected chi connectivity index (χ2v) is 6.56. The van der Waals surface area contributed by atoms with Crippen LogP contribution in [0.25, 0.3) is 0 Å². The summed E-state index contributed by atoms with van der Waals surface area (Å²) >= 11 is 0. The number of piperidine rings is 1. The minimum absolute atomic E-state index is 0.269. The van der Waals surface area contributed by atoms with E-state index in [0.29, 0.717) is 12.6 Å². The summed E-state index contributed by atoms with van der Waals surface area (Å²) in [5, 5.41) is 13.0. The third-order valence-corrected chi connectivity index (χ3v) is 4.86. The fourth-order valence-corrected chi connectivity index (χ4v) is 2.91. The first-order valence-electron chi connectivity index (χ1n) is 7.36. The second kappa shape index (κ2) is 4.87. The monoisotopic (exact) mass is 238 g/mol. The maximum atomic E-state index is 9.29. The largest absolute Gasteiger partial charge is 0.396 e. The van der Waals surface area contributed by atoms with Crippen LogP contribution in [0.4, 0.5) is 0 Å². The van der Waals surface area contributed by atoms with E-state index in [2.05, 4.69) is 10.2 Å². The van der Waals surface area contributed by atoms with Gasteiger partial charge in [0.15, 0.2) is 0 Å². The number of hydrogen-bond donors (Lipinski definition) is 2. The fraction of sp³-hybridized carbons (Fsp3) is 1.00. The van der Waals surface area contributed by atoms with Gasteiger partial charge in [-0.05, 0) is 57.5 Å². The molecule has 0 unspecified atom stereocenters. The van der Waals surface area contributed by atoms with E-state index >= 15 is 0 Å². The summed E-state index contributed by atoms with van der Waals surface area (Å²) in [5.41, 5.74) is 0.269. The van der Waals surface area contributed by atoms with Crippen LogP contribution >= 0.6 is 0 Å². The summed E-state index contributed by atoms with van der Waals surface area (Å²) in [4.78, 5) is 2.65. The van der Waals surface area contributed by atoms with E-state index in [0.717, 1.165) is 12.5 Å². The number of likely N-dealkylation sites (tertiary alicyclic amines) is 1. The molecule has 0 aromatic carbocycles. The summed E-state index contributed by atoms with van der Waals surface area (Å²) < 4.78 is 0. The molecule has 17 heavy (non-hydrogen) atoms. The van der Waals surface area contributed by atoms with Crippen LogP contribution in [0.15, 0.2) is 0 Å². The highest BCUT2D eigenvalue weighted by Gasteiger charge is 2.42. The minimum Gasteiger partial charge on any atom is -0.396 e. The van der Waals surface area contributed by atoms with E-state index in [4.69, 9.17) is 0 Å². The lowest BCUT2D eigenvalue weighted by atomic mass is 10.0. The molecule has 98 valence electrons. The standard InChI is InChI=1S/C14H26N2O/c17-11-14(5-6-14)10-15-13-3-7-16(8-4-13)9-12-1-2-12/h12-13,15,17H,1-11H2. The van der Waals surface area contributed by atoms with E-state index < -0.39 is 0 Å². The summed E-state index contributed by atoms with van der Waals surface area (Å²) in [6.45, 7) is 5.32. The molecule has 1 aliphatic heterocycles. The Kier molecular flexibility index (Phi) is 3.42. The number of aliphatic hydroxyl groups excluding tert-OH is 1. The molecule has 3 nitrogen and oxygen atoms in total. The van der Waals surface area contributed by atoms with Crippen LogP contribution < -0.4 is 5.32 Å². The van der Waals surface area contributed by atoms with Gasteiger partial charge in [0.2, 0.25) is 0 Å². The first-order valence-corrected chi connectivity index (χ1v) is 7.36. The van der Waals surface area contributed by atoms with Crippen LogP contribution in [0.5, 0.6) is 0 Å². The van der Waals surface area contributed by atoms with Crippen LogP contribution in [0, 0.1) is 11.3 Å². The molecule has 3 heteroatoms. The van der Waals surface area contributed by atoms with Crippen molar-refractivity contribution in [3.8, 4) is 0 Å². The molecule has 0 spiro atoms. The van der Waals surface area contributed by atoms with Crippen LogP contribution in [0.3, 0.4) is 0 Å².